The lowest BCUT2D eigenvalue weighted by Gasteiger charge is -2.36. The molecule has 0 bridgehead atoms. The zero-order valence-electron chi connectivity index (χ0n) is 10.5. The van der Waals surface area contributed by atoms with E-state index in [0.717, 1.165) is 6.54 Å². The predicted molar refractivity (Wildman–Crippen MR) is 72.0 cm³/mol. The molecule has 1 aromatic rings. The van der Waals surface area contributed by atoms with Crippen LogP contribution in [0, 0.1) is 11.3 Å². The number of rotatable bonds is 2. The van der Waals surface area contributed by atoms with Crippen LogP contribution in [0.25, 0.3) is 0 Å². The minimum atomic E-state index is -0.377. The largest absolute Gasteiger partial charge is 0.357 e. The summed E-state index contributed by atoms with van der Waals surface area (Å²) in [6.45, 7) is 1.87. The number of likely N-dealkylation sites (N-methyl/N-ethyl adjacent to an activating group) is 1. The minimum absolute atomic E-state index is 0.104. The first-order chi connectivity index (χ1) is 9.19. The summed E-state index contributed by atoms with van der Waals surface area (Å²) in [4.78, 5) is 17.9. The van der Waals surface area contributed by atoms with Gasteiger partial charge in [0.15, 0.2) is 0 Å². The van der Waals surface area contributed by atoms with E-state index >= 15 is 0 Å². The van der Waals surface area contributed by atoms with Gasteiger partial charge in [-0.3, -0.25) is 4.79 Å². The normalized spacial score (nSPS) is 18.8. The zero-order chi connectivity index (χ0) is 13.8. The Morgan fingerprint density at radius 3 is 3.21 bits per heavy atom. The molecule has 1 saturated heterocycles. The van der Waals surface area contributed by atoms with Crippen LogP contribution < -0.4 is 15.5 Å². The van der Waals surface area contributed by atoms with Gasteiger partial charge in [-0.2, -0.15) is 5.26 Å². The van der Waals surface area contributed by atoms with Gasteiger partial charge in [-0.1, -0.05) is 11.6 Å². The Balaban J connectivity index is 2.38. The van der Waals surface area contributed by atoms with E-state index in [0.29, 0.717) is 29.5 Å². The Kier molecular flexibility index (Phi) is 4.20. The third-order valence-corrected chi connectivity index (χ3v) is 3.43. The van der Waals surface area contributed by atoms with Gasteiger partial charge in [0, 0.05) is 32.9 Å². The highest BCUT2D eigenvalue weighted by Crippen LogP contribution is 2.28. The van der Waals surface area contributed by atoms with Crippen LogP contribution >= 0.6 is 11.6 Å². The maximum absolute atomic E-state index is 11.9. The van der Waals surface area contributed by atoms with Gasteiger partial charge in [0.2, 0.25) is 5.91 Å². The van der Waals surface area contributed by atoms with Crippen LogP contribution in [0.1, 0.15) is 5.56 Å². The molecule has 1 fully saturated rings. The molecule has 1 aromatic heterocycles. The Labute approximate surface area is 116 Å². The second-order valence-corrected chi connectivity index (χ2v) is 4.51. The van der Waals surface area contributed by atoms with Gasteiger partial charge in [-0.25, -0.2) is 4.98 Å². The summed E-state index contributed by atoms with van der Waals surface area (Å²) in [6, 6.07) is 3.20. The fourth-order valence-corrected chi connectivity index (χ4v) is 2.34. The van der Waals surface area contributed by atoms with Gasteiger partial charge < -0.3 is 15.5 Å². The molecule has 0 saturated carbocycles. The standard InChI is InChI=1S/C12H14ClN5O/c1-15-12(19)9-7-16-4-5-18(9)11-10(13)8(6-14)2-3-17-11/h2-3,9,16H,4-5,7H2,1H3,(H,15,19). The number of halogens is 1. The third-order valence-electron chi connectivity index (χ3n) is 3.06. The summed E-state index contributed by atoms with van der Waals surface area (Å²) in [5.74, 6) is 0.378. The van der Waals surface area contributed by atoms with Gasteiger partial charge in [0.1, 0.15) is 23.0 Å². The quantitative estimate of drug-likeness (QED) is 0.804. The molecule has 1 aliphatic rings. The number of amides is 1. The second-order valence-electron chi connectivity index (χ2n) is 4.14. The lowest BCUT2D eigenvalue weighted by Crippen LogP contribution is -2.58. The van der Waals surface area contributed by atoms with Crippen LogP contribution in [0.2, 0.25) is 5.02 Å². The maximum Gasteiger partial charge on any atom is 0.243 e. The van der Waals surface area contributed by atoms with Crippen LogP contribution in [-0.4, -0.2) is 43.6 Å². The molecule has 0 radical (unpaired) electrons. The number of piperazine rings is 1. The van der Waals surface area contributed by atoms with Crippen LogP contribution in [-0.2, 0) is 4.79 Å². The summed E-state index contributed by atoms with van der Waals surface area (Å²) in [5.41, 5.74) is 0.362. The molecule has 1 amide bonds. The molecule has 1 unspecified atom stereocenters. The van der Waals surface area contributed by atoms with Crippen molar-refractivity contribution in [1.82, 2.24) is 15.6 Å². The number of aromatic nitrogens is 1. The molecule has 2 rings (SSSR count). The minimum Gasteiger partial charge on any atom is -0.357 e. The Bertz CT molecular complexity index is 527. The van der Waals surface area contributed by atoms with Crippen molar-refractivity contribution in [1.29, 1.82) is 5.26 Å². The smallest absolute Gasteiger partial charge is 0.243 e. The summed E-state index contributed by atoms with van der Waals surface area (Å²) < 4.78 is 0. The van der Waals surface area contributed by atoms with E-state index in [-0.39, 0.29) is 11.9 Å². The van der Waals surface area contributed by atoms with Crippen molar-refractivity contribution in [2.45, 2.75) is 6.04 Å². The average molecular weight is 280 g/mol. The molecule has 100 valence electrons. The zero-order valence-corrected chi connectivity index (χ0v) is 11.2. The highest BCUT2D eigenvalue weighted by atomic mass is 35.5. The van der Waals surface area contributed by atoms with Crippen LogP contribution in [0.5, 0.6) is 0 Å². The molecular weight excluding hydrogens is 266 g/mol. The first-order valence-corrected chi connectivity index (χ1v) is 6.30. The molecule has 6 nitrogen and oxygen atoms in total. The lowest BCUT2D eigenvalue weighted by atomic mass is 10.1. The van der Waals surface area contributed by atoms with E-state index in [2.05, 4.69) is 15.6 Å². The molecule has 0 aromatic carbocycles. The number of carbonyl (C=O) groups is 1. The first-order valence-electron chi connectivity index (χ1n) is 5.92. The number of carbonyl (C=O) groups excluding carboxylic acids is 1. The lowest BCUT2D eigenvalue weighted by molar-refractivity contribution is -0.122. The van der Waals surface area contributed by atoms with Gasteiger partial charge >= 0.3 is 0 Å². The third kappa shape index (κ3) is 2.62. The number of hydrogen-bond acceptors (Lipinski definition) is 5. The van der Waals surface area contributed by atoms with Crippen molar-refractivity contribution in [3.63, 3.8) is 0 Å². The number of anilines is 1. The van der Waals surface area contributed by atoms with Crippen LogP contribution in [0.3, 0.4) is 0 Å². The Morgan fingerprint density at radius 1 is 1.74 bits per heavy atom. The van der Waals surface area contributed by atoms with E-state index < -0.39 is 0 Å². The summed E-state index contributed by atoms with van der Waals surface area (Å²) in [6.07, 6.45) is 1.53. The predicted octanol–water partition coefficient (Wildman–Crippen LogP) is 0.131. The highest BCUT2D eigenvalue weighted by Gasteiger charge is 2.30. The van der Waals surface area contributed by atoms with Crippen molar-refractivity contribution < 1.29 is 4.79 Å². The first kappa shape index (κ1) is 13.6. The maximum atomic E-state index is 11.9. The van der Waals surface area contributed by atoms with E-state index in [1.165, 1.54) is 6.20 Å². The molecule has 19 heavy (non-hydrogen) atoms. The fraction of sp³-hybridized carbons (Fsp3) is 0.417. The highest BCUT2D eigenvalue weighted by molar-refractivity contribution is 6.34. The number of nitriles is 1. The van der Waals surface area contributed by atoms with E-state index in [1.54, 1.807) is 13.1 Å². The summed E-state index contributed by atoms with van der Waals surface area (Å²) >= 11 is 6.18. The summed E-state index contributed by atoms with van der Waals surface area (Å²) in [5, 5.41) is 15.1. The fourth-order valence-electron chi connectivity index (χ4n) is 2.08. The molecule has 1 aliphatic heterocycles. The van der Waals surface area contributed by atoms with Gasteiger partial charge in [0.25, 0.3) is 0 Å². The molecule has 7 heteroatoms. The number of nitrogens with one attached hydrogen (secondary N) is 2. The number of pyridine rings is 1. The van der Waals surface area contributed by atoms with E-state index in [1.807, 2.05) is 11.0 Å². The molecule has 2 N–H and O–H groups in total. The van der Waals surface area contributed by atoms with Crippen molar-refractivity contribution >= 4 is 23.3 Å². The van der Waals surface area contributed by atoms with Crippen molar-refractivity contribution in [3.05, 3.63) is 22.8 Å². The van der Waals surface area contributed by atoms with E-state index in [9.17, 15) is 4.79 Å². The Hall–Kier alpha value is -1.84. The average Bonchev–Trinajstić information content (AvgIpc) is 2.47. The van der Waals surface area contributed by atoms with Crippen molar-refractivity contribution in [2.24, 2.45) is 0 Å². The van der Waals surface area contributed by atoms with Crippen LogP contribution in [0.4, 0.5) is 5.82 Å². The molecular formula is C12H14ClN5O. The molecule has 2 heterocycles. The van der Waals surface area contributed by atoms with Crippen LogP contribution in [0.15, 0.2) is 12.3 Å². The topological polar surface area (TPSA) is 81.1 Å². The Morgan fingerprint density at radius 2 is 2.53 bits per heavy atom. The molecule has 0 spiro atoms. The summed E-state index contributed by atoms with van der Waals surface area (Å²) in [7, 11) is 1.59. The van der Waals surface area contributed by atoms with Gasteiger partial charge in [-0.15, -0.1) is 0 Å². The number of nitrogens with zero attached hydrogens (tertiary/aromatic N) is 3. The monoisotopic (exact) mass is 279 g/mol. The second kappa shape index (κ2) is 5.87. The van der Waals surface area contributed by atoms with E-state index in [4.69, 9.17) is 16.9 Å². The number of hydrogen-bond donors (Lipinski definition) is 2. The molecule has 0 aliphatic carbocycles. The van der Waals surface area contributed by atoms with Crippen molar-refractivity contribution in [3.8, 4) is 6.07 Å². The molecule has 1 atom stereocenters. The van der Waals surface area contributed by atoms with Gasteiger partial charge in [-0.05, 0) is 6.07 Å². The van der Waals surface area contributed by atoms with Crippen molar-refractivity contribution in [2.75, 3.05) is 31.6 Å². The SMILES string of the molecule is CNC(=O)C1CNCCN1c1nccc(C#N)c1Cl. The van der Waals surface area contributed by atoms with Gasteiger partial charge in [0.05, 0.1) is 5.56 Å².